The van der Waals surface area contributed by atoms with Crippen molar-refractivity contribution >= 4 is 5.97 Å². The number of nitrogens with zero attached hydrogens (tertiary/aromatic N) is 2. The summed E-state index contributed by atoms with van der Waals surface area (Å²) in [5.74, 6) is -0.0232. The molecule has 0 spiro atoms. The summed E-state index contributed by atoms with van der Waals surface area (Å²) in [5, 5.41) is 12.3. The van der Waals surface area contributed by atoms with E-state index in [2.05, 4.69) is 10.1 Å². The summed E-state index contributed by atoms with van der Waals surface area (Å²) in [6.45, 7) is 1.98. The first kappa shape index (κ1) is 11.3. The number of hydrogen-bond donors (Lipinski definition) is 1. The molecule has 17 heavy (non-hydrogen) atoms. The SMILES string of the molecule is Cc1cccc(-c2nc(CCC(=O)O)no2)c1. The predicted octanol–water partition coefficient (Wildman–Crippen LogP) is 2.06. The van der Waals surface area contributed by atoms with Gasteiger partial charge in [0.2, 0.25) is 0 Å². The van der Waals surface area contributed by atoms with E-state index in [1.54, 1.807) is 0 Å². The van der Waals surface area contributed by atoms with E-state index in [4.69, 9.17) is 9.63 Å². The van der Waals surface area contributed by atoms with Crippen molar-refractivity contribution in [2.24, 2.45) is 0 Å². The first-order chi connectivity index (χ1) is 8.15. The van der Waals surface area contributed by atoms with Crippen LogP contribution in [0.25, 0.3) is 11.5 Å². The number of aromatic nitrogens is 2. The van der Waals surface area contributed by atoms with E-state index in [1.807, 2.05) is 31.2 Å². The van der Waals surface area contributed by atoms with Gasteiger partial charge in [-0.05, 0) is 19.1 Å². The van der Waals surface area contributed by atoms with Crippen molar-refractivity contribution in [1.29, 1.82) is 0 Å². The fourth-order valence-corrected chi connectivity index (χ4v) is 1.47. The molecular formula is C12H12N2O3. The maximum atomic E-state index is 10.4. The molecule has 0 unspecified atom stereocenters. The maximum absolute atomic E-state index is 10.4. The monoisotopic (exact) mass is 232 g/mol. The van der Waals surface area contributed by atoms with Gasteiger partial charge >= 0.3 is 5.97 Å². The second kappa shape index (κ2) is 4.78. The molecule has 0 amide bonds. The molecule has 0 aliphatic heterocycles. The van der Waals surface area contributed by atoms with Crippen LogP contribution >= 0.6 is 0 Å². The summed E-state index contributed by atoms with van der Waals surface area (Å²) < 4.78 is 5.08. The molecule has 1 aromatic heterocycles. The van der Waals surface area contributed by atoms with Crippen LogP contribution in [0.1, 0.15) is 17.8 Å². The third kappa shape index (κ3) is 2.90. The summed E-state index contributed by atoms with van der Waals surface area (Å²) in [6, 6.07) is 7.70. The maximum Gasteiger partial charge on any atom is 0.303 e. The van der Waals surface area contributed by atoms with E-state index in [1.165, 1.54) is 0 Å². The number of benzene rings is 1. The van der Waals surface area contributed by atoms with Crippen molar-refractivity contribution in [2.45, 2.75) is 19.8 Å². The zero-order valence-corrected chi connectivity index (χ0v) is 9.38. The fourth-order valence-electron chi connectivity index (χ4n) is 1.47. The largest absolute Gasteiger partial charge is 0.481 e. The van der Waals surface area contributed by atoms with E-state index < -0.39 is 5.97 Å². The lowest BCUT2D eigenvalue weighted by Crippen LogP contribution is -1.98. The zero-order chi connectivity index (χ0) is 12.3. The fraction of sp³-hybridized carbons (Fsp3) is 0.250. The molecule has 1 aromatic carbocycles. The number of carbonyl (C=O) groups is 1. The van der Waals surface area contributed by atoms with Crippen molar-refractivity contribution in [3.63, 3.8) is 0 Å². The quantitative estimate of drug-likeness (QED) is 0.873. The van der Waals surface area contributed by atoms with Gasteiger partial charge in [0.25, 0.3) is 5.89 Å². The van der Waals surface area contributed by atoms with Crippen LogP contribution in [0.4, 0.5) is 0 Å². The Bertz CT molecular complexity index is 534. The Kier molecular flexibility index (Phi) is 3.18. The Labute approximate surface area is 98.1 Å². The van der Waals surface area contributed by atoms with Gasteiger partial charge < -0.3 is 9.63 Å². The smallest absolute Gasteiger partial charge is 0.303 e. The van der Waals surface area contributed by atoms with Crippen LogP contribution in [0.2, 0.25) is 0 Å². The predicted molar refractivity (Wildman–Crippen MR) is 60.4 cm³/mol. The average molecular weight is 232 g/mol. The van der Waals surface area contributed by atoms with Crippen molar-refractivity contribution in [1.82, 2.24) is 10.1 Å². The van der Waals surface area contributed by atoms with E-state index in [0.29, 0.717) is 11.7 Å². The number of rotatable bonds is 4. The highest BCUT2D eigenvalue weighted by molar-refractivity contribution is 5.66. The Balaban J connectivity index is 2.15. The topological polar surface area (TPSA) is 76.2 Å². The number of aliphatic carboxylic acids is 1. The van der Waals surface area contributed by atoms with Crippen LogP contribution in [0.3, 0.4) is 0 Å². The molecule has 0 aliphatic rings. The van der Waals surface area contributed by atoms with E-state index in [9.17, 15) is 4.79 Å². The third-order valence-corrected chi connectivity index (χ3v) is 2.30. The summed E-state index contributed by atoms with van der Waals surface area (Å²) in [4.78, 5) is 14.6. The summed E-state index contributed by atoms with van der Waals surface area (Å²) in [7, 11) is 0. The molecule has 0 saturated heterocycles. The Morgan fingerprint density at radius 2 is 2.29 bits per heavy atom. The Hall–Kier alpha value is -2.17. The lowest BCUT2D eigenvalue weighted by molar-refractivity contribution is -0.137. The molecule has 2 rings (SSSR count). The molecule has 0 radical (unpaired) electrons. The molecule has 0 saturated carbocycles. The molecule has 0 fully saturated rings. The zero-order valence-electron chi connectivity index (χ0n) is 9.38. The van der Waals surface area contributed by atoms with Gasteiger partial charge in [-0.25, -0.2) is 0 Å². The minimum Gasteiger partial charge on any atom is -0.481 e. The second-order valence-electron chi connectivity index (χ2n) is 3.78. The van der Waals surface area contributed by atoms with E-state index >= 15 is 0 Å². The van der Waals surface area contributed by atoms with Crippen molar-refractivity contribution < 1.29 is 14.4 Å². The highest BCUT2D eigenvalue weighted by Gasteiger charge is 2.09. The van der Waals surface area contributed by atoms with Crippen LogP contribution in [0, 0.1) is 6.92 Å². The highest BCUT2D eigenvalue weighted by atomic mass is 16.5. The summed E-state index contributed by atoms with van der Waals surface area (Å²) in [6.07, 6.45) is 0.289. The Morgan fingerprint density at radius 3 is 3.00 bits per heavy atom. The van der Waals surface area contributed by atoms with Crippen LogP contribution in [-0.2, 0) is 11.2 Å². The standard InChI is InChI=1S/C12H12N2O3/c1-8-3-2-4-9(7-8)12-13-10(14-17-12)5-6-11(15)16/h2-4,7H,5-6H2,1H3,(H,15,16). The molecule has 5 nitrogen and oxygen atoms in total. The van der Waals surface area contributed by atoms with Gasteiger partial charge in [0.05, 0.1) is 6.42 Å². The van der Waals surface area contributed by atoms with Gasteiger partial charge in [0.1, 0.15) is 0 Å². The first-order valence-electron chi connectivity index (χ1n) is 5.26. The minimum absolute atomic E-state index is 0.00674. The molecule has 1 heterocycles. The highest BCUT2D eigenvalue weighted by Crippen LogP contribution is 2.18. The van der Waals surface area contributed by atoms with Gasteiger partial charge in [0, 0.05) is 12.0 Å². The lowest BCUT2D eigenvalue weighted by Gasteiger charge is -1.94. The van der Waals surface area contributed by atoms with Crippen LogP contribution < -0.4 is 0 Å². The number of carboxylic acids is 1. The van der Waals surface area contributed by atoms with Gasteiger partial charge in [0.15, 0.2) is 5.82 Å². The van der Waals surface area contributed by atoms with Gasteiger partial charge in [-0.3, -0.25) is 4.79 Å². The minimum atomic E-state index is -0.869. The average Bonchev–Trinajstić information content (AvgIpc) is 2.75. The molecular weight excluding hydrogens is 220 g/mol. The van der Waals surface area contributed by atoms with E-state index in [-0.39, 0.29) is 12.8 Å². The molecule has 1 N–H and O–H groups in total. The van der Waals surface area contributed by atoms with Crippen LogP contribution in [0.15, 0.2) is 28.8 Å². The lowest BCUT2D eigenvalue weighted by atomic mass is 10.1. The molecule has 2 aromatic rings. The molecule has 5 heteroatoms. The van der Waals surface area contributed by atoms with Crippen molar-refractivity contribution in [2.75, 3.05) is 0 Å². The van der Waals surface area contributed by atoms with Crippen molar-refractivity contribution in [3.8, 4) is 11.5 Å². The van der Waals surface area contributed by atoms with Crippen LogP contribution in [-0.4, -0.2) is 21.2 Å². The first-order valence-corrected chi connectivity index (χ1v) is 5.26. The summed E-state index contributed by atoms with van der Waals surface area (Å²) >= 11 is 0. The Morgan fingerprint density at radius 1 is 1.47 bits per heavy atom. The second-order valence-corrected chi connectivity index (χ2v) is 3.78. The van der Waals surface area contributed by atoms with Gasteiger partial charge in [-0.15, -0.1) is 0 Å². The summed E-state index contributed by atoms with van der Waals surface area (Å²) in [5.41, 5.74) is 1.95. The molecule has 88 valence electrons. The van der Waals surface area contributed by atoms with Crippen LogP contribution in [0.5, 0.6) is 0 Å². The van der Waals surface area contributed by atoms with Gasteiger partial charge in [-0.2, -0.15) is 4.98 Å². The number of hydrogen-bond acceptors (Lipinski definition) is 4. The number of carboxylic acid groups (broad SMARTS) is 1. The van der Waals surface area contributed by atoms with Crippen molar-refractivity contribution in [3.05, 3.63) is 35.7 Å². The molecule has 0 bridgehead atoms. The van der Waals surface area contributed by atoms with E-state index in [0.717, 1.165) is 11.1 Å². The normalized spacial score (nSPS) is 10.4. The molecule has 0 atom stereocenters. The molecule has 0 aliphatic carbocycles. The van der Waals surface area contributed by atoms with Gasteiger partial charge in [-0.1, -0.05) is 22.9 Å². The third-order valence-electron chi connectivity index (χ3n) is 2.30. The number of aryl methyl sites for hydroxylation is 2.